The molecule has 4 heteroatoms. The molecule has 0 amide bonds. The quantitative estimate of drug-likeness (QED) is 0.876. The molecular formula is C13H10BrClO2. The predicted octanol–water partition coefficient (Wildman–Crippen LogP) is 4.10. The molecule has 88 valence electrons. The Morgan fingerprint density at radius 3 is 2.24 bits per heavy atom. The second-order valence-corrected chi connectivity index (χ2v) is 5.07. The summed E-state index contributed by atoms with van der Waals surface area (Å²) in [5, 5.41) is 20.0. The molecule has 0 atom stereocenters. The topological polar surface area (TPSA) is 40.5 Å². The van der Waals surface area contributed by atoms with Gasteiger partial charge in [-0.2, -0.15) is 0 Å². The fraction of sp³-hybridized carbons (Fsp3) is 0.0769. The van der Waals surface area contributed by atoms with Gasteiger partial charge < -0.3 is 10.2 Å². The first-order chi connectivity index (χ1) is 8.06. The molecule has 2 N–H and O–H groups in total. The van der Waals surface area contributed by atoms with Crippen molar-refractivity contribution in [3.05, 3.63) is 57.0 Å². The van der Waals surface area contributed by atoms with Crippen LogP contribution in [0.5, 0.6) is 11.5 Å². The molecule has 0 fully saturated rings. The average molecular weight is 314 g/mol. The highest BCUT2D eigenvalue weighted by atomic mass is 79.9. The minimum atomic E-state index is 0.175. The molecule has 0 saturated heterocycles. The monoisotopic (exact) mass is 312 g/mol. The van der Waals surface area contributed by atoms with Crippen LogP contribution in [0.15, 0.2) is 40.9 Å². The summed E-state index contributed by atoms with van der Waals surface area (Å²) < 4.78 is 0.881. The summed E-state index contributed by atoms with van der Waals surface area (Å²) in [7, 11) is 0. The largest absolute Gasteiger partial charge is 0.508 e. The second kappa shape index (κ2) is 4.98. The highest BCUT2D eigenvalue weighted by Gasteiger charge is 2.07. The van der Waals surface area contributed by atoms with Gasteiger partial charge in [0.2, 0.25) is 0 Å². The van der Waals surface area contributed by atoms with Crippen molar-refractivity contribution in [3.8, 4) is 11.5 Å². The van der Waals surface area contributed by atoms with E-state index >= 15 is 0 Å². The molecule has 0 aliphatic heterocycles. The smallest absolute Gasteiger partial charge is 0.119 e. The fourth-order valence-corrected chi connectivity index (χ4v) is 2.20. The van der Waals surface area contributed by atoms with Gasteiger partial charge in [0.05, 0.1) is 0 Å². The number of rotatable bonds is 2. The number of benzene rings is 2. The zero-order valence-electron chi connectivity index (χ0n) is 8.82. The van der Waals surface area contributed by atoms with Gasteiger partial charge in [-0.05, 0) is 47.5 Å². The third kappa shape index (κ3) is 2.93. The van der Waals surface area contributed by atoms with Gasteiger partial charge in [-0.3, -0.25) is 0 Å². The Balaban J connectivity index is 2.37. The lowest BCUT2D eigenvalue weighted by atomic mass is 10.0. The van der Waals surface area contributed by atoms with Gasteiger partial charge in [0.15, 0.2) is 0 Å². The molecule has 0 spiro atoms. The molecular weight excluding hydrogens is 303 g/mol. The molecule has 2 aromatic rings. The van der Waals surface area contributed by atoms with Gasteiger partial charge in [0.25, 0.3) is 0 Å². The third-order valence-electron chi connectivity index (χ3n) is 2.46. The molecule has 0 saturated carbocycles. The van der Waals surface area contributed by atoms with E-state index < -0.39 is 0 Å². The average Bonchev–Trinajstić information content (AvgIpc) is 2.28. The molecule has 0 radical (unpaired) electrons. The number of phenols is 2. The van der Waals surface area contributed by atoms with E-state index in [1.54, 1.807) is 30.3 Å². The van der Waals surface area contributed by atoms with Gasteiger partial charge in [-0.1, -0.05) is 27.5 Å². The number of hydrogen-bond acceptors (Lipinski definition) is 2. The Morgan fingerprint density at radius 2 is 1.53 bits per heavy atom. The minimum absolute atomic E-state index is 0.175. The van der Waals surface area contributed by atoms with Crippen molar-refractivity contribution in [2.24, 2.45) is 0 Å². The van der Waals surface area contributed by atoms with Crippen molar-refractivity contribution >= 4 is 27.5 Å². The van der Waals surface area contributed by atoms with Crippen LogP contribution in [-0.4, -0.2) is 10.2 Å². The van der Waals surface area contributed by atoms with Crippen LogP contribution in [0.25, 0.3) is 0 Å². The highest BCUT2D eigenvalue weighted by molar-refractivity contribution is 9.10. The van der Waals surface area contributed by atoms with E-state index in [1.165, 1.54) is 0 Å². The van der Waals surface area contributed by atoms with E-state index in [-0.39, 0.29) is 11.5 Å². The van der Waals surface area contributed by atoms with E-state index in [1.807, 2.05) is 6.07 Å². The van der Waals surface area contributed by atoms with Crippen LogP contribution < -0.4 is 0 Å². The standard InChI is InChI=1S/C13H10BrClO2/c14-10-1-3-12(16)8(6-10)5-9-7-11(15)2-4-13(9)17/h1-4,6-7,16-17H,5H2. The van der Waals surface area contributed by atoms with Gasteiger partial charge in [-0.15, -0.1) is 0 Å². The number of aromatic hydroxyl groups is 2. The summed E-state index contributed by atoms with van der Waals surface area (Å²) in [5.74, 6) is 0.376. The zero-order valence-corrected chi connectivity index (χ0v) is 11.2. The van der Waals surface area contributed by atoms with Crippen molar-refractivity contribution in [2.75, 3.05) is 0 Å². The van der Waals surface area contributed by atoms with E-state index in [0.717, 1.165) is 10.0 Å². The summed E-state index contributed by atoms with van der Waals surface area (Å²) >= 11 is 9.21. The van der Waals surface area contributed by atoms with Crippen LogP contribution in [0, 0.1) is 0 Å². The summed E-state index contributed by atoms with van der Waals surface area (Å²) in [6.07, 6.45) is 0.428. The van der Waals surface area contributed by atoms with Crippen LogP contribution in [0.1, 0.15) is 11.1 Å². The van der Waals surface area contributed by atoms with Crippen LogP contribution in [0.2, 0.25) is 5.02 Å². The summed E-state index contributed by atoms with van der Waals surface area (Å²) in [5.41, 5.74) is 1.42. The van der Waals surface area contributed by atoms with Crippen molar-refractivity contribution in [1.29, 1.82) is 0 Å². The molecule has 0 aromatic heterocycles. The number of phenolic OH excluding ortho intramolecular Hbond substituents is 2. The molecule has 0 unspecified atom stereocenters. The Morgan fingerprint density at radius 1 is 0.941 bits per heavy atom. The zero-order chi connectivity index (χ0) is 12.4. The Hall–Kier alpha value is -1.19. The van der Waals surface area contributed by atoms with Crippen molar-refractivity contribution in [1.82, 2.24) is 0 Å². The summed E-state index contributed by atoms with van der Waals surface area (Å²) in [6, 6.07) is 10.1. The molecule has 0 bridgehead atoms. The Bertz CT molecular complexity index is 506. The van der Waals surface area contributed by atoms with Gasteiger partial charge in [0, 0.05) is 15.9 Å². The molecule has 0 aliphatic rings. The Kier molecular flexibility index (Phi) is 3.60. The van der Waals surface area contributed by atoms with Crippen LogP contribution in [0.4, 0.5) is 0 Å². The molecule has 0 aliphatic carbocycles. The fourth-order valence-electron chi connectivity index (χ4n) is 1.60. The number of halogens is 2. The molecule has 0 heterocycles. The second-order valence-electron chi connectivity index (χ2n) is 3.72. The Labute approximate surface area is 113 Å². The van der Waals surface area contributed by atoms with Crippen molar-refractivity contribution < 1.29 is 10.2 Å². The van der Waals surface area contributed by atoms with E-state index in [0.29, 0.717) is 17.0 Å². The maximum absolute atomic E-state index is 9.72. The van der Waals surface area contributed by atoms with Crippen molar-refractivity contribution in [3.63, 3.8) is 0 Å². The van der Waals surface area contributed by atoms with Crippen LogP contribution in [-0.2, 0) is 6.42 Å². The first kappa shape index (κ1) is 12.3. The first-order valence-corrected chi connectivity index (χ1v) is 6.18. The highest BCUT2D eigenvalue weighted by Crippen LogP contribution is 2.29. The lowest BCUT2D eigenvalue weighted by Gasteiger charge is -2.07. The third-order valence-corrected chi connectivity index (χ3v) is 3.19. The molecule has 17 heavy (non-hydrogen) atoms. The van der Waals surface area contributed by atoms with E-state index in [9.17, 15) is 10.2 Å². The maximum Gasteiger partial charge on any atom is 0.119 e. The maximum atomic E-state index is 9.72. The first-order valence-electron chi connectivity index (χ1n) is 5.01. The molecule has 2 rings (SSSR count). The number of hydrogen-bond donors (Lipinski definition) is 2. The molecule has 2 aromatic carbocycles. The van der Waals surface area contributed by atoms with Gasteiger partial charge in [-0.25, -0.2) is 0 Å². The summed E-state index contributed by atoms with van der Waals surface area (Å²) in [4.78, 5) is 0. The molecule has 2 nitrogen and oxygen atoms in total. The summed E-state index contributed by atoms with van der Waals surface area (Å²) in [6.45, 7) is 0. The predicted molar refractivity (Wildman–Crippen MR) is 71.7 cm³/mol. The van der Waals surface area contributed by atoms with Crippen LogP contribution >= 0.6 is 27.5 Å². The van der Waals surface area contributed by atoms with Crippen LogP contribution in [0.3, 0.4) is 0 Å². The van der Waals surface area contributed by atoms with Gasteiger partial charge >= 0.3 is 0 Å². The van der Waals surface area contributed by atoms with Gasteiger partial charge in [0.1, 0.15) is 11.5 Å². The SMILES string of the molecule is Oc1ccc(Cl)cc1Cc1cc(Br)ccc1O. The lowest BCUT2D eigenvalue weighted by molar-refractivity contribution is 0.463. The minimum Gasteiger partial charge on any atom is -0.508 e. The van der Waals surface area contributed by atoms with E-state index in [4.69, 9.17) is 11.6 Å². The lowest BCUT2D eigenvalue weighted by Crippen LogP contribution is -1.90. The normalized spacial score (nSPS) is 10.5. The van der Waals surface area contributed by atoms with Crippen molar-refractivity contribution in [2.45, 2.75) is 6.42 Å². The van der Waals surface area contributed by atoms with E-state index in [2.05, 4.69) is 15.9 Å².